The lowest BCUT2D eigenvalue weighted by atomic mass is 10.2. The smallest absolute Gasteiger partial charge is 0.366 e. The second kappa shape index (κ2) is 5.03. The molecule has 120 valence electrons. The SMILES string of the molecule is CC(NC(=O)c1ccc2c(n1)N(C)[C@H]1CCN2C1)C(F)(F)F. The quantitative estimate of drug-likeness (QED) is 0.904. The molecule has 3 rings (SSSR count). The molecule has 1 aromatic heterocycles. The summed E-state index contributed by atoms with van der Waals surface area (Å²) < 4.78 is 37.6. The van der Waals surface area contributed by atoms with Crippen molar-refractivity contribution in [2.24, 2.45) is 0 Å². The fourth-order valence-corrected chi connectivity index (χ4v) is 2.88. The number of hydrogen-bond donors (Lipinski definition) is 1. The van der Waals surface area contributed by atoms with E-state index in [1.54, 1.807) is 6.07 Å². The summed E-state index contributed by atoms with van der Waals surface area (Å²) in [6.45, 7) is 2.76. The van der Waals surface area contributed by atoms with Crippen molar-refractivity contribution in [3.05, 3.63) is 17.8 Å². The summed E-state index contributed by atoms with van der Waals surface area (Å²) in [4.78, 5) is 20.4. The van der Waals surface area contributed by atoms with Crippen LogP contribution in [0.2, 0.25) is 0 Å². The van der Waals surface area contributed by atoms with E-state index < -0.39 is 18.1 Å². The summed E-state index contributed by atoms with van der Waals surface area (Å²) in [6, 6.07) is 1.67. The highest BCUT2D eigenvalue weighted by Gasteiger charge is 2.38. The first-order valence-electron chi connectivity index (χ1n) is 7.14. The van der Waals surface area contributed by atoms with Gasteiger partial charge in [-0.05, 0) is 25.5 Å². The van der Waals surface area contributed by atoms with E-state index in [4.69, 9.17) is 0 Å². The molecule has 2 bridgehead atoms. The topological polar surface area (TPSA) is 48.5 Å². The Morgan fingerprint density at radius 3 is 2.86 bits per heavy atom. The van der Waals surface area contributed by atoms with Crippen molar-refractivity contribution >= 4 is 17.4 Å². The van der Waals surface area contributed by atoms with Gasteiger partial charge in [0.05, 0.1) is 5.69 Å². The molecule has 1 unspecified atom stereocenters. The highest BCUT2D eigenvalue weighted by Crippen LogP contribution is 2.37. The third-order valence-corrected chi connectivity index (χ3v) is 4.31. The number of pyridine rings is 1. The molecule has 1 fully saturated rings. The van der Waals surface area contributed by atoms with E-state index in [1.807, 2.05) is 17.3 Å². The molecule has 0 radical (unpaired) electrons. The third kappa shape index (κ3) is 2.46. The molecule has 0 saturated carbocycles. The first-order chi connectivity index (χ1) is 10.3. The average molecular weight is 314 g/mol. The van der Waals surface area contributed by atoms with Gasteiger partial charge in [-0.2, -0.15) is 13.2 Å². The molecule has 0 aromatic carbocycles. The molecule has 3 heterocycles. The van der Waals surface area contributed by atoms with Gasteiger partial charge in [-0.3, -0.25) is 4.79 Å². The molecule has 1 saturated heterocycles. The summed E-state index contributed by atoms with van der Waals surface area (Å²) >= 11 is 0. The third-order valence-electron chi connectivity index (χ3n) is 4.31. The van der Waals surface area contributed by atoms with Gasteiger partial charge in [0.25, 0.3) is 5.91 Å². The van der Waals surface area contributed by atoms with E-state index >= 15 is 0 Å². The zero-order valence-corrected chi connectivity index (χ0v) is 12.3. The van der Waals surface area contributed by atoms with Crippen molar-refractivity contribution in [3.63, 3.8) is 0 Å². The molecule has 5 nitrogen and oxygen atoms in total. The van der Waals surface area contributed by atoms with Gasteiger partial charge in [-0.1, -0.05) is 0 Å². The highest BCUT2D eigenvalue weighted by molar-refractivity contribution is 5.94. The summed E-state index contributed by atoms with van der Waals surface area (Å²) in [7, 11) is 1.90. The maximum Gasteiger partial charge on any atom is 0.408 e. The molecule has 2 aliphatic rings. The van der Waals surface area contributed by atoms with E-state index in [9.17, 15) is 18.0 Å². The van der Waals surface area contributed by atoms with Crippen molar-refractivity contribution in [3.8, 4) is 0 Å². The van der Waals surface area contributed by atoms with Crippen molar-refractivity contribution < 1.29 is 18.0 Å². The van der Waals surface area contributed by atoms with Crippen LogP contribution in [0.25, 0.3) is 0 Å². The van der Waals surface area contributed by atoms with Gasteiger partial charge in [0.2, 0.25) is 0 Å². The van der Waals surface area contributed by atoms with E-state index in [0.29, 0.717) is 11.9 Å². The van der Waals surface area contributed by atoms with Gasteiger partial charge >= 0.3 is 6.18 Å². The van der Waals surface area contributed by atoms with Gasteiger partial charge in [-0.15, -0.1) is 0 Å². The highest BCUT2D eigenvalue weighted by atomic mass is 19.4. The van der Waals surface area contributed by atoms with Crippen LogP contribution in [0.3, 0.4) is 0 Å². The number of carbonyl (C=O) groups excluding carboxylic acids is 1. The zero-order chi connectivity index (χ0) is 16.1. The molecule has 0 aliphatic carbocycles. The minimum absolute atomic E-state index is 0.00389. The van der Waals surface area contributed by atoms with Gasteiger partial charge < -0.3 is 15.1 Å². The van der Waals surface area contributed by atoms with Crippen LogP contribution in [0.1, 0.15) is 23.8 Å². The first-order valence-corrected chi connectivity index (χ1v) is 7.14. The number of nitrogens with one attached hydrogen (secondary N) is 1. The Kier molecular flexibility index (Phi) is 3.41. The maximum absolute atomic E-state index is 12.5. The number of anilines is 2. The molecule has 2 aliphatic heterocycles. The number of aromatic nitrogens is 1. The molecule has 2 atom stereocenters. The normalized spacial score (nSPS) is 21.6. The summed E-state index contributed by atoms with van der Waals surface area (Å²) in [5.74, 6) is -0.157. The Labute approximate surface area is 126 Å². The van der Waals surface area contributed by atoms with Gasteiger partial charge in [-0.25, -0.2) is 4.98 Å². The Bertz CT molecular complexity index is 604. The lowest BCUT2D eigenvalue weighted by Crippen LogP contribution is -2.44. The molecule has 22 heavy (non-hydrogen) atoms. The Hall–Kier alpha value is -1.99. The second-order valence-electron chi connectivity index (χ2n) is 5.78. The molecule has 8 heteroatoms. The minimum Gasteiger partial charge on any atom is -0.366 e. The molecule has 1 amide bonds. The van der Waals surface area contributed by atoms with Crippen LogP contribution < -0.4 is 15.1 Å². The monoisotopic (exact) mass is 314 g/mol. The second-order valence-corrected chi connectivity index (χ2v) is 5.78. The first kappa shape index (κ1) is 14.9. The van der Waals surface area contributed by atoms with Crippen LogP contribution in [-0.4, -0.2) is 49.3 Å². The fourth-order valence-electron chi connectivity index (χ4n) is 2.88. The van der Waals surface area contributed by atoms with Crippen molar-refractivity contribution in [2.45, 2.75) is 31.6 Å². The zero-order valence-electron chi connectivity index (χ0n) is 12.3. The number of carbonyl (C=O) groups is 1. The number of halogens is 3. The number of amides is 1. The van der Waals surface area contributed by atoms with Crippen molar-refractivity contribution in [2.75, 3.05) is 29.9 Å². The number of fused-ring (bicyclic) bond motifs is 4. The predicted octanol–water partition coefficient (Wildman–Crippen LogP) is 1.79. The summed E-state index contributed by atoms with van der Waals surface area (Å²) in [6.07, 6.45) is -3.45. The van der Waals surface area contributed by atoms with Crippen molar-refractivity contribution in [1.29, 1.82) is 0 Å². The van der Waals surface area contributed by atoms with Crippen molar-refractivity contribution in [1.82, 2.24) is 10.3 Å². The fraction of sp³-hybridized carbons (Fsp3) is 0.571. The molecule has 1 aromatic rings. The van der Waals surface area contributed by atoms with Crippen LogP contribution in [0.5, 0.6) is 0 Å². The van der Waals surface area contributed by atoms with Gasteiger partial charge in [0.1, 0.15) is 11.7 Å². The van der Waals surface area contributed by atoms with Crippen LogP contribution in [0.15, 0.2) is 12.1 Å². The summed E-state index contributed by atoms with van der Waals surface area (Å²) in [5, 5.41) is 1.94. The number of hydrogen-bond acceptors (Lipinski definition) is 4. The molecular weight excluding hydrogens is 297 g/mol. The van der Waals surface area contributed by atoms with Crippen LogP contribution >= 0.6 is 0 Å². The molecule has 1 N–H and O–H groups in total. The van der Waals surface area contributed by atoms with E-state index in [2.05, 4.69) is 9.88 Å². The van der Waals surface area contributed by atoms with Crippen LogP contribution in [-0.2, 0) is 0 Å². The molecular formula is C14H17F3N4O. The van der Waals surface area contributed by atoms with Crippen LogP contribution in [0.4, 0.5) is 24.7 Å². The van der Waals surface area contributed by atoms with Gasteiger partial charge in [0, 0.05) is 26.2 Å². The van der Waals surface area contributed by atoms with E-state index in [0.717, 1.165) is 32.1 Å². The standard InChI is InChI=1S/C14H17F3N4O/c1-8(14(15,16)17)18-13(22)10-3-4-11-12(19-10)20(2)9-5-6-21(11)7-9/h3-4,8-9H,5-7H2,1-2H3,(H,18,22)/t8?,9-/m0/s1. The van der Waals surface area contributed by atoms with E-state index in [1.165, 1.54) is 6.07 Å². The largest absolute Gasteiger partial charge is 0.408 e. The maximum atomic E-state index is 12.5. The van der Waals surface area contributed by atoms with Gasteiger partial charge in [0.15, 0.2) is 5.82 Å². The number of rotatable bonds is 2. The number of nitrogens with zero attached hydrogens (tertiary/aromatic N) is 3. The number of likely N-dealkylation sites (N-methyl/N-ethyl adjacent to an activating group) is 1. The molecule has 0 spiro atoms. The lowest BCUT2D eigenvalue weighted by Gasteiger charge is -2.34. The Morgan fingerprint density at radius 1 is 1.45 bits per heavy atom. The van der Waals surface area contributed by atoms with Crippen LogP contribution in [0, 0.1) is 0 Å². The lowest BCUT2D eigenvalue weighted by molar-refractivity contribution is -0.149. The van der Waals surface area contributed by atoms with E-state index in [-0.39, 0.29) is 5.69 Å². The minimum atomic E-state index is -4.47. The summed E-state index contributed by atoms with van der Waals surface area (Å²) in [5.41, 5.74) is 0.931. The predicted molar refractivity (Wildman–Crippen MR) is 76.2 cm³/mol. The Morgan fingerprint density at radius 2 is 2.18 bits per heavy atom. The average Bonchev–Trinajstić information content (AvgIpc) is 2.89. The Balaban J connectivity index is 1.84. The number of alkyl halides is 3.